The maximum Gasteiger partial charge on any atom is 0.161 e. The number of aliphatic hydroxyl groups excluding tert-OH is 1. The minimum atomic E-state index is -0.966. The molecule has 1 fully saturated rings. The summed E-state index contributed by atoms with van der Waals surface area (Å²) in [6.45, 7) is 7.14. The SMILES string of the molecule is CC1=CC(O)C2(CC1=O)OC(C(C)(C)O)CCC2C. The van der Waals surface area contributed by atoms with Gasteiger partial charge in [0.2, 0.25) is 0 Å². The summed E-state index contributed by atoms with van der Waals surface area (Å²) in [5, 5.41) is 20.5. The van der Waals surface area contributed by atoms with Gasteiger partial charge in [-0.05, 0) is 51.2 Å². The van der Waals surface area contributed by atoms with Crippen LogP contribution in [0.1, 0.15) is 47.0 Å². The second-order valence-electron chi connectivity index (χ2n) is 6.59. The summed E-state index contributed by atoms with van der Waals surface area (Å²) in [5.74, 6) is 0.114. The van der Waals surface area contributed by atoms with E-state index in [9.17, 15) is 15.0 Å². The molecule has 0 amide bonds. The van der Waals surface area contributed by atoms with Crippen LogP contribution in [0.15, 0.2) is 11.6 Å². The lowest BCUT2D eigenvalue weighted by Crippen LogP contribution is -2.60. The smallest absolute Gasteiger partial charge is 0.161 e. The van der Waals surface area contributed by atoms with Gasteiger partial charge in [-0.1, -0.05) is 6.92 Å². The van der Waals surface area contributed by atoms with Crippen LogP contribution in [0.3, 0.4) is 0 Å². The molecule has 2 aliphatic rings. The summed E-state index contributed by atoms with van der Waals surface area (Å²) in [5.41, 5.74) is -1.25. The lowest BCUT2D eigenvalue weighted by Gasteiger charge is -2.51. The first-order valence-electron chi connectivity index (χ1n) is 6.96. The van der Waals surface area contributed by atoms with Crippen LogP contribution in [0.5, 0.6) is 0 Å². The van der Waals surface area contributed by atoms with Gasteiger partial charge in [-0.3, -0.25) is 4.79 Å². The summed E-state index contributed by atoms with van der Waals surface area (Å²) in [6.07, 6.45) is 2.24. The molecule has 1 aliphatic heterocycles. The molecule has 1 heterocycles. The highest BCUT2D eigenvalue weighted by Gasteiger charge is 2.52. The Kier molecular flexibility index (Phi) is 3.62. The van der Waals surface area contributed by atoms with Crippen LogP contribution in [-0.4, -0.2) is 39.4 Å². The number of rotatable bonds is 1. The summed E-state index contributed by atoms with van der Waals surface area (Å²) < 4.78 is 6.06. The first-order valence-corrected chi connectivity index (χ1v) is 6.96. The summed E-state index contributed by atoms with van der Waals surface area (Å²) >= 11 is 0. The lowest BCUT2D eigenvalue weighted by molar-refractivity contribution is -0.239. The minimum absolute atomic E-state index is 0.0218. The topological polar surface area (TPSA) is 66.8 Å². The van der Waals surface area contributed by atoms with Crippen molar-refractivity contribution in [2.45, 2.75) is 70.4 Å². The molecule has 19 heavy (non-hydrogen) atoms. The van der Waals surface area contributed by atoms with E-state index in [-0.39, 0.29) is 24.2 Å². The Morgan fingerprint density at radius 3 is 2.63 bits per heavy atom. The van der Waals surface area contributed by atoms with Gasteiger partial charge < -0.3 is 14.9 Å². The van der Waals surface area contributed by atoms with Gasteiger partial charge in [0, 0.05) is 6.42 Å². The molecule has 4 atom stereocenters. The molecule has 0 radical (unpaired) electrons. The minimum Gasteiger partial charge on any atom is -0.388 e. The van der Waals surface area contributed by atoms with Gasteiger partial charge in [0.05, 0.1) is 11.7 Å². The number of ether oxygens (including phenoxy) is 1. The van der Waals surface area contributed by atoms with E-state index in [0.717, 1.165) is 12.8 Å². The molecule has 0 saturated carbocycles. The fourth-order valence-corrected chi connectivity index (χ4v) is 3.13. The number of Topliss-reactive ketones (excluding diaryl/α,β-unsaturated/α-hetero) is 1. The number of ketones is 1. The number of allylic oxidation sites excluding steroid dienone is 1. The van der Waals surface area contributed by atoms with Gasteiger partial charge in [-0.15, -0.1) is 0 Å². The van der Waals surface area contributed by atoms with Crippen LogP contribution >= 0.6 is 0 Å². The molecule has 4 unspecified atom stereocenters. The predicted molar refractivity (Wildman–Crippen MR) is 71.7 cm³/mol. The molecule has 1 aliphatic carbocycles. The van der Waals surface area contributed by atoms with Gasteiger partial charge >= 0.3 is 0 Å². The summed E-state index contributed by atoms with van der Waals surface area (Å²) in [4.78, 5) is 12.0. The molecule has 2 rings (SSSR count). The average Bonchev–Trinajstić information content (AvgIpc) is 2.28. The van der Waals surface area contributed by atoms with Crippen molar-refractivity contribution in [3.05, 3.63) is 11.6 Å². The van der Waals surface area contributed by atoms with Crippen molar-refractivity contribution in [1.29, 1.82) is 0 Å². The third-order valence-electron chi connectivity index (χ3n) is 4.63. The Hall–Kier alpha value is -0.710. The van der Waals surface area contributed by atoms with E-state index in [1.807, 2.05) is 6.92 Å². The molecular weight excluding hydrogens is 244 g/mol. The average molecular weight is 268 g/mol. The predicted octanol–water partition coefficient (Wildman–Crippen LogP) is 1.59. The van der Waals surface area contributed by atoms with Crippen LogP contribution in [0, 0.1) is 5.92 Å². The first kappa shape index (κ1) is 14.7. The van der Waals surface area contributed by atoms with Crippen LogP contribution in [0.2, 0.25) is 0 Å². The number of carbonyl (C=O) groups is 1. The monoisotopic (exact) mass is 268 g/mol. The van der Waals surface area contributed by atoms with E-state index in [4.69, 9.17) is 4.74 Å². The first-order chi connectivity index (χ1) is 8.67. The second kappa shape index (κ2) is 4.69. The number of hydrogen-bond acceptors (Lipinski definition) is 4. The largest absolute Gasteiger partial charge is 0.388 e. The van der Waals surface area contributed by atoms with Crippen molar-refractivity contribution in [1.82, 2.24) is 0 Å². The van der Waals surface area contributed by atoms with E-state index < -0.39 is 17.3 Å². The van der Waals surface area contributed by atoms with Crippen LogP contribution in [-0.2, 0) is 9.53 Å². The number of aliphatic hydroxyl groups is 2. The van der Waals surface area contributed by atoms with Crippen LogP contribution in [0.4, 0.5) is 0 Å². The summed E-state index contributed by atoms with van der Waals surface area (Å²) in [7, 11) is 0. The fourth-order valence-electron chi connectivity index (χ4n) is 3.13. The summed E-state index contributed by atoms with van der Waals surface area (Å²) in [6, 6.07) is 0. The highest BCUT2D eigenvalue weighted by molar-refractivity contribution is 5.96. The molecular formula is C15H24O4. The second-order valence-corrected chi connectivity index (χ2v) is 6.59. The van der Waals surface area contributed by atoms with Crippen molar-refractivity contribution in [2.75, 3.05) is 0 Å². The molecule has 4 nitrogen and oxygen atoms in total. The van der Waals surface area contributed by atoms with Crippen molar-refractivity contribution in [2.24, 2.45) is 5.92 Å². The van der Waals surface area contributed by atoms with E-state index in [2.05, 4.69) is 0 Å². The lowest BCUT2D eigenvalue weighted by atomic mass is 9.70. The maximum absolute atomic E-state index is 12.0. The molecule has 2 N–H and O–H groups in total. The third kappa shape index (κ3) is 2.49. The van der Waals surface area contributed by atoms with Crippen LogP contribution in [0.25, 0.3) is 0 Å². The van der Waals surface area contributed by atoms with Crippen molar-refractivity contribution in [3.8, 4) is 0 Å². The van der Waals surface area contributed by atoms with Crippen molar-refractivity contribution >= 4 is 5.78 Å². The molecule has 0 aromatic heterocycles. The van der Waals surface area contributed by atoms with E-state index in [1.165, 1.54) is 0 Å². The zero-order chi connectivity index (χ0) is 14.4. The van der Waals surface area contributed by atoms with E-state index >= 15 is 0 Å². The van der Waals surface area contributed by atoms with Crippen LogP contribution < -0.4 is 0 Å². The van der Waals surface area contributed by atoms with Gasteiger partial charge in [-0.2, -0.15) is 0 Å². The Labute approximate surface area is 114 Å². The third-order valence-corrected chi connectivity index (χ3v) is 4.63. The molecule has 108 valence electrons. The van der Waals surface area contributed by atoms with Gasteiger partial charge in [0.25, 0.3) is 0 Å². The fraction of sp³-hybridized carbons (Fsp3) is 0.800. The van der Waals surface area contributed by atoms with Gasteiger partial charge in [0.15, 0.2) is 5.78 Å². The maximum atomic E-state index is 12.0. The Morgan fingerprint density at radius 2 is 2.05 bits per heavy atom. The number of carbonyl (C=O) groups excluding carboxylic acids is 1. The van der Waals surface area contributed by atoms with Crippen molar-refractivity contribution < 1.29 is 19.7 Å². The molecule has 1 spiro atoms. The molecule has 4 heteroatoms. The van der Waals surface area contributed by atoms with E-state index in [1.54, 1.807) is 26.8 Å². The molecule has 0 aromatic rings. The van der Waals surface area contributed by atoms with Gasteiger partial charge in [0.1, 0.15) is 11.7 Å². The Balaban J connectivity index is 2.32. The molecule has 0 aromatic carbocycles. The highest BCUT2D eigenvalue weighted by Crippen LogP contribution is 2.44. The van der Waals surface area contributed by atoms with E-state index in [0.29, 0.717) is 5.57 Å². The van der Waals surface area contributed by atoms with Gasteiger partial charge in [-0.25, -0.2) is 0 Å². The quantitative estimate of drug-likeness (QED) is 0.758. The molecule has 1 saturated heterocycles. The number of hydrogen-bond donors (Lipinski definition) is 2. The zero-order valence-electron chi connectivity index (χ0n) is 12.1. The van der Waals surface area contributed by atoms with Crippen molar-refractivity contribution in [3.63, 3.8) is 0 Å². The Bertz CT molecular complexity index is 407. The normalized spacial score (nSPS) is 40.4. The highest BCUT2D eigenvalue weighted by atomic mass is 16.5. The Morgan fingerprint density at radius 1 is 1.42 bits per heavy atom. The molecule has 0 bridgehead atoms. The zero-order valence-corrected chi connectivity index (χ0v) is 12.1. The standard InChI is InChI=1S/C15H24O4/c1-9-7-12(17)15(8-11(9)16)10(2)5-6-13(19-15)14(3,4)18/h7,10,12-13,17-18H,5-6,8H2,1-4H3.